The van der Waals surface area contributed by atoms with Gasteiger partial charge in [-0.2, -0.15) is 0 Å². The Hall–Kier alpha value is -1.80. The Morgan fingerprint density at radius 3 is 2.53 bits per heavy atom. The largest absolute Gasteiger partial charge is 0.290 e. The van der Waals surface area contributed by atoms with Gasteiger partial charge in [0.2, 0.25) is 0 Å². The van der Waals surface area contributed by atoms with Crippen molar-refractivity contribution in [2.24, 2.45) is 0 Å². The van der Waals surface area contributed by atoms with E-state index in [9.17, 15) is 0 Å². The first-order valence-corrected chi connectivity index (χ1v) is 5.83. The first-order chi connectivity index (χ1) is 8.25. The topological polar surface area (TPSA) is 17.3 Å². The number of pyridine rings is 1. The molecule has 2 nitrogen and oxygen atoms in total. The Balaban J connectivity index is 2.24. The van der Waals surface area contributed by atoms with E-state index >= 15 is 0 Å². The number of imidazole rings is 1. The summed E-state index contributed by atoms with van der Waals surface area (Å²) in [5, 5.41) is 0.657. The fraction of sp³-hybridized carbons (Fsp3) is 0.0714. The van der Waals surface area contributed by atoms with Crippen LogP contribution in [0.15, 0.2) is 48.7 Å². The number of fused-ring (bicyclic) bond motifs is 1. The number of hydrogen-bond acceptors (Lipinski definition) is 1. The van der Waals surface area contributed by atoms with Crippen molar-refractivity contribution >= 4 is 17.2 Å². The highest BCUT2D eigenvalue weighted by molar-refractivity contribution is 6.32. The van der Waals surface area contributed by atoms with Crippen LogP contribution in [-0.2, 0) is 0 Å². The van der Waals surface area contributed by atoms with Gasteiger partial charge in [0, 0.05) is 11.8 Å². The van der Waals surface area contributed by atoms with Gasteiger partial charge in [0.25, 0.3) is 0 Å². The quantitative estimate of drug-likeness (QED) is 0.631. The third-order valence-corrected chi connectivity index (χ3v) is 3.16. The molecule has 3 aromatic rings. The van der Waals surface area contributed by atoms with E-state index in [0.717, 1.165) is 16.9 Å². The van der Waals surface area contributed by atoms with Crippen LogP contribution in [-0.4, -0.2) is 9.38 Å². The van der Waals surface area contributed by atoms with E-state index in [2.05, 4.69) is 24.0 Å². The SMILES string of the molecule is Cc1ccc(-c2nc3ccccn3c2Cl)cc1. The predicted octanol–water partition coefficient (Wildman–Crippen LogP) is 3.96. The molecule has 0 saturated carbocycles. The molecular formula is C14H11ClN2. The molecule has 84 valence electrons. The van der Waals surface area contributed by atoms with Crippen molar-refractivity contribution in [3.8, 4) is 11.3 Å². The van der Waals surface area contributed by atoms with Crippen LogP contribution in [0.25, 0.3) is 16.9 Å². The second-order valence-corrected chi connectivity index (χ2v) is 4.40. The molecule has 17 heavy (non-hydrogen) atoms. The van der Waals surface area contributed by atoms with Crippen molar-refractivity contribution in [2.45, 2.75) is 6.92 Å². The molecule has 0 aliphatic rings. The van der Waals surface area contributed by atoms with Crippen LogP contribution < -0.4 is 0 Å². The molecule has 0 bridgehead atoms. The number of rotatable bonds is 1. The van der Waals surface area contributed by atoms with Gasteiger partial charge in [-0.3, -0.25) is 4.40 Å². The van der Waals surface area contributed by atoms with Gasteiger partial charge in [-0.15, -0.1) is 0 Å². The monoisotopic (exact) mass is 242 g/mol. The molecule has 0 atom stereocenters. The van der Waals surface area contributed by atoms with Crippen LogP contribution in [0.1, 0.15) is 5.56 Å². The van der Waals surface area contributed by atoms with Gasteiger partial charge in [-0.25, -0.2) is 4.98 Å². The fourth-order valence-electron chi connectivity index (χ4n) is 1.86. The standard InChI is InChI=1S/C14H11ClN2/c1-10-5-7-11(8-6-10)13-14(15)17-9-3-2-4-12(17)16-13/h2-9H,1H3. The van der Waals surface area contributed by atoms with E-state index < -0.39 is 0 Å². The lowest BCUT2D eigenvalue weighted by atomic mass is 10.1. The van der Waals surface area contributed by atoms with Gasteiger partial charge in [0.15, 0.2) is 0 Å². The van der Waals surface area contributed by atoms with E-state index in [-0.39, 0.29) is 0 Å². The number of hydrogen-bond donors (Lipinski definition) is 0. The third-order valence-electron chi connectivity index (χ3n) is 2.80. The average molecular weight is 243 g/mol. The van der Waals surface area contributed by atoms with Gasteiger partial charge >= 0.3 is 0 Å². The summed E-state index contributed by atoms with van der Waals surface area (Å²) < 4.78 is 1.89. The minimum atomic E-state index is 0.657. The van der Waals surface area contributed by atoms with Crippen LogP contribution in [0.4, 0.5) is 0 Å². The highest BCUT2D eigenvalue weighted by Gasteiger charge is 2.10. The normalized spacial score (nSPS) is 10.9. The molecule has 0 aliphatic heterocycles. The van der Waals surface area contributed by atoms with E-state index in [4.69, 9.17) is 11.6 Å². The molecule has 2 aromatic heterocycles. The third kappa shape index (κ3) is 1.71. The van der Waals surface area contributed by atoms with E-state index in [1.54, 1.807) is 0 Å². The molecule has 0 saturated heterocycles. The molecule has 0 spiro atoms. The summed E-state index contributed by atoms with van der Waals surface area (Å²) in [4.78, 5) is 4.54. The highest BCUT2D eigenvalue weighted by atomic mass is 35.5. The molecule has 3 rings (SSSR count). The van der Waals surface area contributed by atoms with Gasteiger partial charge in [-0.1, -0.05) is 47.5 Å². The van der Waals surface area contributed by atoms with Crippen LogP contribution >= 0.6 is 11.6 Å². The molecule has 0 amide bonds. The van der Waals surface area contributed by atoms with Crippen LogP contribution in [0.3, 0.4) is 0 Å². The molecule has 0 fully saturated rings. The number of halogens is 1. The van der Waals surface area contributed by atoms with Crippen molar-refractivity contribution in [1.82, 2.24) is 9.38 Å². The lowest BCUT2D eigenvalue weighted by Gasteiger charge is -1.98. The average Bonchev–Trinajstić information content (AvgIpc) is 2.69. The van der Waals surface area contributed by atoms with Gasteiger partial charge in [0.1, 0.15) is 16.5 Å². The molecular weight excluding hydrogens is 232 g/mol. The van der Waals surface area contributed by atoms with Gasteiger partial charge in [-0.05, 0) is 19.1 Å². The predicted molar refractivity (Wildman–Crippen MR) is 70.4 cm³/mol. The van der Waals surface area contributed by atoms with Crippen molar-refractivity contribution in [1.29, 1.82) is 0 Å². The molecule has 0 N–H and O–H groups in total. The number of aromatic nitrogens is 2. The zero-order chi connectivity index (χ0) is 11.8. The Kier molecular flexibility index (Phi) is 2.37. The van der Waals surface area contributed by atoms with Crippen molar-refractivity contribution in [2.75, 3.05) is 0 Å². The molecule has 1 aromatic carbocycles. The Labute approximate surface area is 104 Å². The maximum Gasteiger partial charge on any atom is 0.141 e. The zero-order valence-electron chi connectivity index (χ0n) is 9.39. The van der Waals surface area contributed by atoms with Gasteiger partial charge < -0.3 is 0 Å². The summed E-state index contributed by atoms with van der Waals surface area (Å²) in [5.41, 5.74) is 3.98. The van der Waals surface area contributed by atoms with E-state index in [0.29, 0.717) is 5.15 Å². The summed E-state index contributed by atoms with van der Waals surface area (Å²) >= 11 is 6.33. The maximum absolute atomic E-state index is 6.33. The lowest BCUT2D eigenvalue weighted by molar-refractivity contribution is 1.19. The highest BCUT2D eigenvalue weighted by Crippen LogP contribution is 2.28. The van der Waals surface area contributed by atoms with E-state index in [1.165, 1.54) is 5.56 Å². The summed E-state index contributed by atoms with van der Waals surface area (Å²) in [6, 6.07) is 14.1. The minimum absolute atomic E-state index is 0.657. The molecule has 0 aliphatic carbocycles. The minimum Gasteiger partial charge on any atom is -0.290 e. The second kappa shape index (κ2) is 3.90. The van der Waals surface area contributed by atoms with Crippen molar-refractivity contribution < 1.29 is 0 Å². The summed E-state index contributed by atoms with van der Waals surface area (Å²) in [7, 11) is 0. The second-order valence-electron chi connectivity index (χ2n) is 4.05. The fourth-order valence-corrected chi connectivity index (χ4v) is 2.16. The molecule has 0 unspecified atom stereocenters. The van der Waals surface area contributed by atoms with Crippen molar-refractivity contribution in [3.05, 3.63) is 59.4 Å². The Morgan fingerprint density at radius 1 is 1.06 bits per heavy atom. The Bertz CT molecular complexity index is 668. The van der Waals surface area contributed by atoms with Crippen LogP contribution in [0.2, 0.25) is 5.15 Å². The van der Waals surface area contributed by atoms with Gasteiger partial charge in [0.05, 0.1) is 0 Å². The zero-order valence-corrected chi connectivity index (χ0v) is 10.1. The van der Waals surface area contributed by atoms with Crippen LogP contribution in [0.5, 0.6) is 0 Å². The lowest BCUT2D eigenvalue weighted by Crippen LogP contribution is -1.81. The smallest absolute Gasteiger partial charge is 0.141 e. The van der Waals surface area contributed by atoms with E-state index in [1.807, 2.05) is 40.9 Å². The first-order valence-electron chi connectivity index (χ1n) is 5.45. The van der Waals surface area contributed by atoms with Crippen molar-refractivity contribution in [3.63, 3.8) is 0 Å². The number of aryl methyl sites for hydroxylation is 1. The summed E-state index contributed by atoms with van der Waals surface area (Å²) in [6.45, 7) is 2.06. The Morgan fingerprint density at radius 2 is 1.82 bits per heavy atom. The molecule has 2 heterocycles. The molecule has 0 radical (unpaired) electrons. The summed E-state index contributed by atoms with van der Waals surface area (Å²) in [5.74, 6) is 0. The maximum atomic E-state index is 6.33. The summed E-state index contributed by atoms with van der Waals surface area (Å²) in [6.07, 6.45) is 1.92. The molecule has 3 heteroatoms. The number of nitrogens with zero attached hydrogens (tertiary/aromatic N) is 2. The number of benzene rings is 1. The van der Waals surface area contributed by atoms with Crippen LogP contribution in [0, 0.1) is 6.92 Å². The first kappa shape index (κ1) is 10.4.